The van der Waals surface area contributed by atoms with Gasteiger partial charge in [-0.15, -0.1) is 11.3 Å². The predicted molar refractivity (Wildman–Crippen MR) is 110 cm³/mol. The normalized spacial score (nSPS) is 14.1. The molecule has 9 heteroatoms. The molecule has 0 saturated heterocycles. The Labute approximate surface area is 177 Å². The Kier molecular flexibility index (Phi) is 5.89. The van der Waals surface area contributed by atoms with Crippen LogP contribution < -0.4 is 20.5 Å². The molecule has 1 aromatic carbocycles. The predicted octanol–water partition coefficient (Wildman–Crippen LogP) is 2.68. The first-order valence-electron chi connectivity index (χ1n) is 9.79. The first-order chi connectivity index (χ1) is 14.5. The van der Waals surface area contributed by atoms with Gasteiger partial charge < -0.3 is 25.3 Å². The maximum atomic E-state index is 12.2. The highest BCUT2D eigenvalue weighted by Crippen LogP contribution is 2.37. The number of thiophene rings is 1. The van der Waals surface area contributed by atoms with E-state index in [1.807, 2.05) is 0 Å². The van der Waals surface area contributed by atoms with Gasteiger partial charge >= 0.3 is 5.97 Å². The van der Waals surface area contributed by atoms with Crippen LogP contribution in [0.1, 0.15) is 50.4 Å². The fourth-order valence-electron chi connectivity index (χ4n) is 3.60. The van der Waals surface area contributed by atoms with Gasteiger partial charge in [-0.3, -0.25) is 14.4 Å². The molecule has 0 saturated carbocycles. The Hall–Kier alpha value is -3.07. The van der Waals surface area contributed by atoms with Gasteiger partial charge in [-0.05, 0) is 49.4 Å². The van der Waals surface area contributed by atoms with Gasteiger partial charge in [0.15, 0.2) is 23.9 Å². The summed E-state index contributed by atoms with van der Waals surface area (Å²) in [5.41, 5.74) is 7.54. The minimum atomic E-state index is -0.501. The average molecular weight is 430 g/mol. The van der Waals surface area contributed by atoms with Gasteiger partial charge in [0.1, 0.15) is 5.00 Å². The lowest BCUT2D eigenvalue weighted by Gasteiger charge is -2.11. The van der Waals surface area contributed by atoms with Gasteiger partial charge in [0, 0.05) is 17.0 Å². The standard InChI is InChI=1S/C21H22N2O6S/c22-20(26)19-13-3-1-2-4-17(13)30-21(19)23-8-7-18(25)27-10-14(24)12-5-6-15-16(9-12)29-11-28-15/h5-6,9,23H,1-4,7-8,10-11H2,(H2,22,26). The van der Waals surface area contributed by atoms with Crippen molar-refractivity contribution in [1.29, 1.82) is 0 Å². The molecular weight excluding hydrogens is 408 g/mol. The number of esters is 1. The van der Waals surface area contributed by atoms with Crippen molar-refractivity contribution < 1.29 is 28.6 Å². The minimum absolute atomic E-state index is 0.0647. The number of rotatable bonds is 8. The number of ether oxygens (including phenoxy) is 3. The molecule has 2 aromatic rings. The number of carbonyl (C=O) groups is 3. The summed E-state index contributed by atoms with van der Waals surface area (Å²) in [7, 11) is 0. The molecule has 4 rings (SSSR count). The molecule has 0 bridgehead atoms. The number of primary amides is 1. The SMILES string of the molecule is NC(=O)c1c(NCCC(=O)OCC(=O)c2ccc3c(c2)OCO3)sc2c1CCCC2. The zero-order chi connectivity index (χ0) is 21.1. The van der Waals surface area contributed by atoms with E-state index in [4.69, 9.17) is 19.9 Å². The maximum absolute atomic E-state index is 12.2. The molecule has 0 atom stereocenters. The van der Waals surface area contributed by atoms with Crippen molar-refractivity contribution >= 4 is 34.0 Å². The van der Waals surface area contributed by atoms with Crippen molar-refractivity contribution in [3.05, 3.63) is 39.8 Å². The number of anilines is 1. The van der Waals surface area contributed by atoms with E-state index >= 15 is 0 Å². The Morgan fingerprint density at radius 1 is 1.13 bits per heavy atom. The molecule has 1 aliphatic heterocycles. The number of hydrogen-bond acceptors (Lipinski definition) is 8. The summed E-state index contributed by atoms with van der Waals surface area (Å²) in [5, 5.41) is 3.84. The van der Waals surface area contributed by atoms with Gasteiger partial charge in [0.25, 0.3) is 5.91 Å². The van der Waals surface area contributed by atoms with Crippen LogP contribution >= 0.6 is 11.3 Å². The second-order valence-corrected chi connectivity index (χ2v) is 8.21. The quantitative estimate of drug-likeness (QED) is 0.488. The number of Topliss-reactive ketones (excluding diaryl/α,β-unsaturated/α-hetero) is 1. The van der Waals surface area contributed by atoms with E-state index in [2.05, 4.69) is 5.32 Å². The molecule has 1 aromatic heterocycles. The summed E-state index contributed by atoms with van der Waals surface area (Å²) in [6.45, 7) is 0.0642. The monoisotopic (exact) mass is 430 g/mol. The molecule has 0 fully saturated rings. The smallest absolute Gasteiger partial charge is 0.308 e. The van der Waals surface area contributed by atoms with Crippen molar-refractivity contribution in [1.82, 2.24) is 0 Å². The van der Waals surface area contributed by atoms with E-state index in [-0.39, 0.29) is 32.1 Å². The van der Waals surface area contributed by atoms with Crippen LogP contribution in [0, 0.1) is 0 Å². The number of nitrogens with one attached hydrogen (secondary N) is 1. The lowest BCUT2D eigenvalue weighted by atomic mass is 9.95. The summed E-state index contributed by atoms with van der Waals surface area (Å²) in [6.07, 6.45) is 4.03. The van der Waals surface area contributed by atoms with Crippen LogP contribution in [0.25, 0.3) is 0 Å². The molecule has 0 spiro atoms. The van der Waals surface area contributed by atoms with E-state index in [1.54, 1.807) is 18.2 Å². The third kappa shape index (κ3) is 4.25. The Bertz CT molecular complexity index is 1000. The lowest BCUT2D eigenvalue weighted by Crippen LogP contribution is -2.18. The molecule has 8 nitrogen and oxygen atoms in total. The van der Waals surface area contributed by atoms with Crippen LogP contribution in [0.4, 0.5) is 5.00 Å². The molecular formula is C21H22N2O6S. The van der Waals surface area contributed by atoms with Gasteiger partial charge in [-0.25, -0.2) is 0 Å². The number of benzene rings is 1. The van der Waals surface area contributed by atoms with Gasteiger partial charge in [-0.1, -0.05) is 0 Å². The fourth-order valence-corrected chi connectivity index (χ4v) is 4.92. The molecule has 158 valence electrons. The summed E-state index contributed by atoms with van der Waals surface area (Å²) in [6, 6.07) is 4.83. The second-order valence-electron chi connectivity index (χ2n) is 7.11. The summed E-state index contributed by atoms with van der Waals surface area (Å²) < 4.78 is 15.5. The summed E-state index contributed by atoms with van der Waals surface area (Å²) in [4.78, 5) is 37.3. The fraction of sp³-hybridized carbons (Fsp3) is 0.381. The van der Waals surface area contributed by atoms with Crippen molar-refractivity contribution in [2.24, 2.45) is 5.73 Å². The number of carbonyl (C=O) groups excluding carboxylic acids is 3. The first-order valence-corrected chi connectivity index (χ1v) is 10.6. The van der Waals surface area contributed by atoms with Crippen LogP contribution in [0.5, 0.6) is 11.5 Å². The molecule has 2 aliphatic rings. The largest absolute Gasteiger partial charge is 0.457 e. The van der Waals surface area contributed by atoms with E-state index in [0.29, 0.717) is 27.6 Å². The lowest BCUT2D eigenvalue weighted by molar-refractivity contribution is -0.142. The average Bonchev–Trinajstić information content (AvgIpc) is 3.35. The molecule has 1 amide bonds. The summed E-state index contributed by atoms with van der Waals surface area (Å²) >= 11 is 1.53. The number of fused-ring (bicyclic) bond motifs is 2. The van der Waals surface area contributed by atoms with Gasteiger partial charge in [0.05, 0.1) is 12.0 Å². The van der Waals surface area contributed by atoms with Crippen molar-refractivity contribution in [3.63, 3.8) is 0 Å². The zero-order valence-electron chi connectivity index (χ0n) is 16.3. The highest BCUT2D eigenvalue weighted by molar-refractivity contribution is 7.16. The Morgan fingerprint density at radius 3 is 2.77 bits per heavy atom. The van der Waals surface area contributed by atoms with Gasteiger partial charge in [-0.2, -0.15) is 0 Å². The van der Waals surface area contributed by atoms with Crippen LogP contribution in [0.3, 0.4) is 0 Å². The second kappa shape index (κ2) is 8.74. The molecule has 3 N–H and O–H groups in total. The highest BCUT2D eigenvalue weighted by atomic mass is 32.1. The zero-order valence-corrected chi connectivity index (χ0v) is 17.1. The van der Waals surface area contributed by atoms with Crippen LogP contribution in [-0.2, 0) is 22.4 Å². The molecule has 2 heterocycles. The van der Waals surface area contributed by atoms with Gasteiger partial charge in [0.2, 0.25) is 6.79 Å². The third-order valence-corrected chi connectivity index (χ3v) is 6.34. The molecule has 30 heavy (non-hydrogen) atoms. The first kappa shape index (κ1) is 20.2. The maximum Gasteiger partial charge on any atom is 0.308 e. The molecule has 1 aliphatic carbocycles. The number of hydrogen-bond donors (Lipinski definition) is 2. The van der Waals surface area contributed by atoms with E-state index in [1.165, 1.54) is 16.2 Å². The van der Waals surface area contributed by atoms with E-state index in [9.17, 15) is 14.4 Å². The van der Waals surface area contributed by atoms with Crippen LogP contribution in [0.2, 0.25) is 0 Å². The van der Waals surface area contributed by atoms with Crippen molar-refractivity contribution in [3.8, 4) is 11.5 Å². The third-order valence-electron chi connectivity index (χ3n) is 5.09. The van der Waals surface area contributed by atoms with Crippen LogP contribution in [-0.4, -0.2) is 37.6 Å². The molecule has 0 radical (unpaired) electrons. The summed E-state index contributed by atoms with van der Waals surface area (Å²) in [5.74, 6) is -0.190. The minimum Gasteiger partial charge on any atom is -0.457 e. The van der Waals surface area contributed by atoms with Crippen molar-refractivity contribution in [2.45, 2.75) is 32.1 Å². The topological polar surface area (TPSA) is 117 Å². The molecule has 0 unspecified atom stereocenters. The number of amides is 1. The Morgan fingerprint density at radius 2 is 1.93 bits per heavy atom. The number of ketones is 1. The number of nitrogens with two attached hydrogens (primary N) is 1. The van der Waals surface area contributed by atoms with Crippen molar-refractivity contribution in [2.75, 3.05) is 25.3 Å². The Balaban J connectivity index is 1.27. The number of aryl methyl sites for hydroxylation is 1. The van der Waals surface area contributed by atoms with E-state index < -0.39 is 11.9 Å². The van der Waals surface area contributed by atoms with E-state index in [0.717, 1.165) is 31.2 Å². The highest BCUT2D eigenvalue weighted by Gasteiger charge is 2.24. The van der Waals surface area contributed by atoms with Crippen LogP contribution in [0.15, 0.2) is 18.2 Å².